The first kappa shape index (κ1) is 68.2. The molecule has 0 spiro atoms. The number of rotatable bonds is 22. The number of benzene rings is 3. The summed E-state index contributed by atoms with van der Waals surface area (Å²) in [6.45, 7) is 33.8. The van der Waals surface area contributed by atoms with Crippen LogP contribution in [-0.4, -0.2) is 95.1 Å². The fourth-order valence-corrected chi connectivity index (χ4v) is 9.16. The Kier molecular flexibility index (Phi) is 31.7. The van der Waals surface area contributed by atoms with E-state index in [0.717, 1.165) is 84.2 Å². The summed E-state index contributed by atoms with van der Waals surface area (Å²) in [5.74, 6) is 1.05. The average molecular weight is 1090 g/mol. The number of ether oxygens (including phenoxy) is 2. The quantitative estimate of drug-likeness (QED) is 0.0194. The number of likely N-dealkylation sites (tertiary alicyclic amines) is 1. The molecule has 0 saturated carbocycles. The van der Waals surface area contributed by atoms with Crippen LogP contribution < -0.4 is 21.9 Å². The number of nitrogens with two attached hydrogens (primary N) is 1. The highest BCUT2D eigenvalue weighted by atomic mass is 32.2. The third-order valence-electron chi connectivity index (χ3n) is 13.2. The monoisotopic (exact) mass is 1090 g/mol. The fourth-order valence-electron chi connectivity index (χ4n) is 8.28. The molecule has 2 aromatic heterocycles. The van der Waals surface area contributed by atoms with Gasteiger partial charge in [0, 0.05) is 79.7 Å². The summed E-state index contributed by atoms with van der Waals surface area (Å²) in [5.41, 5.74) is 16.6. The van der Waals surface area contributed by atoms with Gasteiger partial charge in [0.25, 0.3) is 5.56 Å². The lowest BCUT2D eigenvalue weighted by atomic mass is 9.88. The van der Waals surface area contributed by atoms with E-state index in [4.69, 9.17) is 15.2 Å². The number of pyridine rings is 1. The molecule has 0 aliphatic carbocycles. The maximum Gasteiger partial charge on any atom is 0.274 e. The second kappa shape index (κ2) is 36.3. The predicted octanol–water partition coefficient (Wildman–Crippen LogP) is 12.9. The van der Waals surface area contributed by atoms with E-state index in [1.165, 1.54) is 34.4 Å². The summed E-state index contributed by atoms with van der Waals surface area (Å²) in [4.78, 5) is 53.3. The Bertz CT molecular complexity index is 2670. The van der Waals surface area contributed by atoms with Gasteiger partial charge in [-0.3, -0.25) is 19.2 Å². The van der Waals surface area contributed by atoms with Crippen molar-refractivity contribution in [1.82, 2.24) is 25.1 Å². The summed E-state index contributed by atoms with van der Waals surface area (Å²) >= 11 is 1.87. The Morgan fingerprint density at radius 3 is 2.13 bits per heavy atom. The number of aliphatic hydroxyl groups is 1. The zero-order chi connectivity index (χ0) is 58.4. The number of nitrogen functional groups attached to an aromatic ring is 1. The number of hydrogen-bond acceptors (Lipinski definition) is 10. The first-order valence-electron chi connectivity index (χ1n) is 27.8. The minimum atomic E-state index is -0.127. The van der Waals surface area contributed by atoms with E-state index in [0.29, 0.717) is 42.6 Å². The molecule has 3 heterocycles. The van der Waals surface area contributed by atoms with Gasteiger partial charge in [0.2, 0.25) is 12.3 Å². The molecule has 1 fully saturated rings. The van der Waals surface area contributed by atoms with Gasteiger partial charge in [0.1, 0.15) is 12.1 Å². The van der Waals surface area contributed by atoms with Crippen LogP contribution in [0.4, 0.5) is 5.69 Å². The van der Waals surface area contributed by atoms with Gasteiger partial charge in [0.05, 0.1) is 18.3 Å². The summed E-state index contributed by atoms with van der Waals surface area (Å²) in [7, 11) is 1.73. The number of anilines is 1. The second-order valence-corrected chi connectivity index (χ2v) is 22.2. The first-order valence-corrected chi connectivity index (χ1v) is 28.8. The molecule has 6 rings (SSSR count). The van der Waals surface area contributed by atoms with Crippen molar-refractivity contribution in [1.29, 1.82) is 0 Å². The van der Waals surface area contributed by atoms with E-state index < -0.39 is 0 Å². The van der Waals surface area contributed by atoms with Crippen molar-refractivity contribution in [2.24, 2.45) is 12.5 Å². The third-order valence-corrected chi connectivity index (χ3v) is 14.4. The molecule has 1 aliphatic rings. The molecular formula is C64H96N6O7S. The number of hydrogen-bond donors (Lipinski definition) is 5. The van der Waals surface area contributed by atoms with Crippen LogP contribution >= 0.6 is 11.8 Å². The van der Waals surface area contributed by atoms with E-state index >= 15 is 0 Å². The van der Waals surface area contributed by atoms with Crippen molar-refractivity contribution in [3.63, 3.8) is 0 Å². The number of ketones is 1. The number of carbonyl (C=O) groups excluding carboxylic acids is 3. The van der Waals surface area contributed by atoms with Crippen molar-refractivity contribution < 1.29 is 29.0 Å². The Labute approximate surface area is 472 Å². The number of Topliss-reactive ketones (excluding diaryl/α,β-unsaturated/α-hetero) is 1. The van der Waals surface area contributed by atoms with Gasteiger partial charge < -0.3 is 45.4 Å². The maximum absolute atomic E-state index is 12.7. The lowest BCUT2D eigenvalue weighted by molar-refractivity contribution is -0.127. The number of thioether (sulfide) groups is 1. The molecular weight excluding hydrogens is 997 g/mol. The van der Waals surface area contributed by atoms with Crippen molar-refractivity contribution in [2.75, 3.05) is 51.1 Å². The van der Waals surface area contributed by atoms with Gasteiger partial charge in [-0.1, -0.05) is 133 Å². The van der Waals surface area contributed by atoms with Crippen LogP contribution in [0.1, 0.15) is 159 Å². The Morgan fingerprint density at radius 1 is 0.962 bits per heavy atom. The lowest BCUT2D eigenvalue weighted by Gasteiger charge is -2.28. The molecule has 6 N–H and O–H groups in total. The minimum absolute atomic E-state index is 0.0296. The molecule has 78 heavy (non-hydrogen) atoms. The number of allylic oxidation sites excluding steroid dienone is 1. The average Bonchev–Trinajstić information content (AvgIpc) is 4.14. The smallest absolute Gasteiger partial charge is 0.274 e. The Balaban J connectivity index is 0.000000357. The number of nitrogens with zero attached hydrogens (tertiary/aromatic N) is 2. The number of aromatic amines is 1. The number of carbonyl (C=O) groups is 3. The molecule has 3 atom stereocenters. The van der Waals surface area contributed by atoms with Crippen molar-refractivity contribution in [2.45, 2.75) is 153 Å². The van der Waals surface area contributed by atoms with Gasteiger partial charge in [-0.05, 0) is 131 Å². The Morgan fingerprint density at radius 2 is 1.63 bits per heavy atom. The summed E-state index contributed by atoms with van der Waals surface area (Å²) in [5, 5.41) is 16.2. The van der Waals surface area contributed by atoms with Crippen LogP contribution in [0.15, 0.2) is 102 Å². The SMILES string of the molecule is C=CNC(CO)c1ccc(C(SCC)=C(C)C)cc1.CC1CCCN1C=O.CCCOCCCOCC(=O)NC(C)C(C)(C)C.CCCc1c(C(=O)CC)[nH]c2c(=O)n(C)cc(-c3cc(N)ccc3C)c12.Cc1ccccc1. The first-order chi connectivity index (χ1) is 37.1. The molecule has 430 valence electrons. The number of fused-ring (bicyclic) bond motifs is 1. The van der Waals surface area contributed by atoms with Gasteiger partial charge in [-0.25, -0.2) is 0 Å². The number of aryl methyl sites for hydroxylation is 4. The van der Waals surface area contributed by atoms with Crippen LogP contribution in [-0.2, 0) is 32.5 Å². The van der Waals surface area contributed by atoms with Gasteiger partial charge in [-0.2, -0.15) is 0 Å². The molecule has 0 bridgehead atoms. The van der Waals surface area contributed by atoms with E-state index in [1.807, 2.05) is 80.0 Å². The highest BCUT2D eigenvalue weighted by Gasteiger charge is 2.24. The summed E-state index contributed by atoms with van der Waals surface area (Å²) in [6.07, 6.45) is 10.7. The van der Waals surface area contributed by atoms with Crippen LogP contribution in [0.2, 0.25) is 0 Å². The van der Waals surface area contributed by atoms with Crippen molar-refractivity contribution in [3.8, 4) is 11.1 Å². The van der Waals surface area contributed by atoms with E-state index in [1.54, 1.807) is 17.8 Å². The predicted molar refractivity (Wildman–Crippen MR) is 329 cm³/mol. The van der Waals surface area contributed by atoms with Crippen LogP contribution in [0, 0.1) is 19.3 Å². The van der Waals surface area contributed by atoms with Crippen LogP contribution in [0.5, 0.6) is 0 Å². The number of aromatic nitrogens is 2. The van der Waals surface area contributed by atoms with Crippen LogP contribution in [0.25, 0.3) is 26.9 Å². The third kappa shape index (κ3) is 22.8. The van der Waals surface area contributed by atoms with Crippen molar-refractivity contribution in [3.05, 3.63) is 141 Å². The van der Waals surface area contributed by atoms with Crippen molar-refractivity contribution >= 4 is 51.4 Å². The largest absolute Gasteiger partial charge is 0.399 e. The number of aliphatic hydroxyl groups excluding tert-OH is 1. The molecule has 2 amide bonds. The molecule has 13 nitrogen and oxygen atoms in total. The molecule has 1 aliphatic heterocycles. The fraction of sp³-hybridized carbons (Fsp3) is 0.500. The zero-order valence-electron chi connectivity index (χ0n) is 49.8. The Hall–Kier alpha value is -5.93. The molecule has 0 radical (unpaired) electrons. The van der Waals surface area contributed by atoms with E-state index in [-0.39, 0.29) is 48.0 Å². The second-order valence-electron chi connectivity index (χ2n) is 20.9. The molecule has 14 heteroatoms. The van der Waals surface area contributed by atoms with Crippen LogP contribution in [0.3, 0.4) is 0 Å². The number of amides is 2. The lowest BCUT2D eigenvalue weighted by Crippen LogP contribution is -2.43. The molecule has 3 aromatic carbocycles. The minimum Gasteiger partial charge on any atom is -0.399 e. The molecule has 5 aromatic rings. The summed E-state index contributed by atoms with van der Waals surface area (Å²) in [6, 6.07) is 24.9. The van der Waals surface area contributed by atoms with E-state index in [9.17, 15) is 24.3 Å². The number of H-pyrrole nitrogens is 1. The van der Waals surface area contributed by atoms with Gasteiger partial charge in [-0.15, -0.1) is 11.8 Å². The van der Waals surface area contributed by atoms with E-state index in [2.05, 4.69) is 128 Å². The maximum atomic E-state index is 12.7. The van der Waals surface area contributed by atoms with Gasteiger partial charge in [0.15, 0.2) is 5.78 Å². The normalized spacial score (nSPS) is 13.4. The summed E-state index contributed by atoms with van der Waals surface area (Å²) < 4.78 is 12.2. The standard InChI is InChI=1S/C21H25N3O2.C16H23NOS.C14H29NO3.C7H8.C6H11NO/c1-5-7-14-18-16(15-10-13(22)9-8-12(15)3)11-24(4)21(26)20(18)23-19(14)17(25)6-2;1-5-17-15(11-18)13-7-9-14(10-8-13)16(12(3)4)19-6-2;1-6-8-17-9-7-10-18-11-13(16)15-12(2)14(3,4)5;1-7-5-3-2-4-6-7;1-6-3-2-4-7(6)5-8/h8-11,23H,5-7,22H2,1-4H3;5,7-10,15,17-18H,1,6,11H2,2-4H3;12H,6-11H2,1-5H3,(H,15,16);2-6H,1H3;5-6H,2-4H2,1H3. The zero-order valence-corrected chi connectivity index (χ0v) is 50.6. The molecule has 3 unspecified atom stereocenters. The van der Waals surface area contributed by atoms with Gasteiger partial charge >= 0.3 is 0 Å². The highest BCUT2D eigenvalue weighted by molar-refractivity contribution is 8.08. The topological polar surface area (TPSA) is 181 Å². The number of nitrogens with one attached hydrogen (secondary N) is 3. The molecule has 1 saturated heterocycles. The highest BCUT2D eigenvalue weighted by Crippen LogP contribution is 2.36.